The molecule has 3 aromatic carbocycles. The van der Waals surface area contributed by atoms with Gasteiger partial charge in [0.1, 0.15) is 6.10 Å². The van der Waals surface area contributed by atoms with E-state index in [1.54, 1.807) is 4.90 Å². The number of amides is 1. The summed E-state index contributed by atoms with van der Waals surface area (Å²) in [6.45, 7) is 4.87. The maximum Gasteiger partial charge on any atom is 0.411 e. The molecule has 0 saturated carbocycles. The second-order valence-corrected chi connectivity index (χ2v) is 9.41. The third-order valence-corrected chi connectivity index (χ3v) is 7.10. The van der Waals surface area contributed by atoms with Crippen molar-refractivity contribution < 1.29 is 9.53 Å². The molecule has 0 bridgehead atoms. The zero-order valence-electron chi connectivity index (χ0n) is 18.9. The van der Waals surface area contributed by atoms with Gasteiger partial charge in [-0.05, 0) is 72.7 Å². The number of hydrogen-bond donors (Lipinski definition) is 0. The molecular formula is C28H29ClN2O2. The maximum atomic E-state index is 12.6. The number of cyclic esters (lactones) is 1. The minimum Gasteiger partial charge on any atom is -0.439 e. The van der Waals surface area contributed by atoms with E-state index in [9.17, 15) is 4.79 Å². The van der Waals surface area contributed by atoms with E-state index >= 15 is 0 Å². The van der Waals surface area contributed by atoms with E-state index in [-0.39, 0.29) is 18.2 Å². The molecule has 0 N–H and O–H groups in total. The molecule has 33 heavy (non-hydrogen) atoms. The van der Waals surface area contributed by atoms with E-state index in [0.29, 0.717) is 11.6 Å². The Hall–Kier alpha value is -2.98. The van der Waals surface area contributed by atoms with Crippen LogP contribution < -0.4 is 4.90 Å². The number of rotatable bonds is 5. The Morgan fingerprint density at radius 2 is 1.64 bits per heavy atom. The molecule has 5 heteroatoms. The monoisotopic (exact) mass is 460 g/mol. The standard InChI is InChI=1S/C28H29ClN2O2/c1-20(31-19-27(33-28(31)32)23-12-14-25(29)15-13-23)21-8-10-22(11-9-21)24-6-5-7-26(18-24)30-16-3-2-4-17-30/h5-15,18,20,27H,2-4,16-17,19H2,1H3/t20?,27-/m0/s1. The van der Waals surface area contributed by atoms with Gasteiger partial charge in [0.2, 0.25) is 0 Å². The van der Waals surface area contributed by atoms with Gasteiger partial charge in [-0.1, -0.05) is 60.1 Å². The van der Waals surface area contributed by atoms with Gasteiger partial charge in [0.25, 0.3) is 0 Å². The number of carbonyl (C=O) groups is 1. The largest absolute Gasteiger partial charge is 0.439 e. The van der Waals surface area contributed by atoms with Gasteiger partial charge in [0.05, 0.1) is 12.6 Å². The molecule has 2 saturated heterocycles. The fraction of sp³-hybridized carbons (Fsp3) is 0.321. The van der Waals surface area contributed by atoms with Gasteiger partial charge in [-0.25, -0.2) is 4.79 Å². The predicted octanol–water partition coefficient (Wildman–Crippen LogP) is 7.25. The van der Waals surface area contributed by atoms with Gasteiger partial charge >= 0.3 is 6.09 Å². The Labute approximate surface area is 200 Å². The van der Waals surface area contributed by atoms with E-state index in [4.69, 9.17) is 16.3 Å². The summed E-state index contributed by atoms with van der Waals surface area (Å²) < 4.78 is 5.65. The molecule has 1 unspecified atom stereocenters. The Balaban J connectivity index is 1.29. The number of nitrogens with zero attached hydrogens (tertiary/aromatic N) is 2. The van der Waals surface area contributed by atoms with Crippen LogP contribution in [0.1, 0.15) is 49.5 Å². The molecule has 2 atom stereocenters. The highest BCUT2D eigenvalue weighted by Gasteiger charge is 2.35. The van der Waals surface area contributed by atoms with E-state index in [2.05, 4.69) is 60.4 Å². The van der Waals surface area contributed by atoms with Crippen molar-refractivity contribution in [1.82, 2.24) is 4.90 Å². The van der Waals surface area contributed by atoms with Gasteiger partial charge in [-0.15, -0.1) is 0 Å². The summed E-state index contributed by atoms with van der Waals surface area (Å²) in [7, 11) is 0. The first kappa shape index (κ1) is 21.8. The average Bonchev–Trinajstić information content (AvgIpc) is 3.26. The molecule has 0 radical (unpaired) electrons. The molecule has 170 valence electrons. The molecule has 3 aromatic rings. The highest BCUT2D eigenvalue weighted by atomic mass is 35.5. The van der Waals surface area contributed by atoms with Gasteiger partial charge in [0, 0.05) is 23.8 Å². The lowest BCUT2D eigenvalue weighted by molar-refractivity contribution is 0.129. The van der Waals surface area contributed by atoms with Crippen LogP contribution in [0.25, 0.3) is 11.1 Å². The molecule has 2 heterocycles. The lowest BCUT2D eigenvalue weighted by Gasteiger charge is -2.29. The number of benzene rings is 3. The Kier molecular flexibility index (Phi) is 6.28. The Morgan fingerprint density at radius 1 is 0.909 bits per heavy atom. The minimum absolute atomic E-state index is 0.0662. The number of halogens is 1. The van der Waals surface area contributed by atoms with Gasteiger partial charge < -0.3 is 9.64 Å². The Morgan fingerprint density at radius 3 is 2.36 bits per heavy atom. The molecule has 5 rings (SSSR count). The maximum absolute atomic E-state index is 12.6. The van der Waals surface area contributed by atoms with E-state index in [1.807, 2.05) is 24.3 Å². The third kappa shape index (κ3) is 4.72. The van der Waals surface area contributed by atoms with Crippen LogP contribution in [-0.4, -0.2) is 30.6 Å². The van der Waals surface area contributed by atoms with Crippen LogP contribution in [0, 0.1) is 0 Å². The van der Waals surface area contributed by atoms with Crippen LogP contribution in [0.3, 0.4) is 0 Å². The van der Waals surface area contributed by atoms with Crippen molar-refractivity contribution in [3.05, 3.63) is 88.9 Å². The average molecular weight is 461 g/mol. The smallest absolute Gasteiger partial charge is 0.411 e. The SMILES string of the molecule is CC(c1ccc(-c2cccc(N3CCCCC3)c2)cc1)N1C[C@@H](c2ccc(Cl)cc2)OC1=O. The van der Waals surface area contributed by atoms with Crippen molar-refractivity contribution in [3.63, 3.8) is 0 Å². The quantitative estimate of drug-likeness (QED) is 0.402. The second kappa shape index (κ2) is 9.48. The first-order chi connectivity index (χ1) is 16.1. The highest BCUT2D eigenvalue weighted by Crippen LogP contribution is 2.34. The fourth-order valence-corrected chi connectivity index (χ4v) is 4.94. The second-order valence-electron chi connectivity index (χ2n) is 8.97. The summed E-state index contributed by atoms with van der Waals surface area (Å²) in [6.07, 6.45) is 3.33. The predicted molar refractivity (Wildman–Crippen MR) is 134 cm³/mol. The zero-order chi connectivity index (χ0) is 22.8. The highest BCUT2D eigenvalue weighted by molar-refractivity contribution is 6.30. The van der Waals surface area contributed by atoms with Gasteiger partial charge in [-0.2, -0.15) is 0 Å². The third-order valence-electron chi connectivity index (χ3n) is 6.84. The molecule has 2 aliphatic rings. The zero-order valence-corrected chi connectivity index (χ0v) is 19.7. The van der Waals surface area contributed by atoms with Crippen molar-refractivity contribution in [2.75, 3.05) is 24.5 Å². The van der Waals surface area contributed by atoms with Crippen LogP contribution in [0.4, 0.5) is 10.5 Å². The van der Waals surface area contributed by atoms with Crippen molar-refractivity contribution >= 4 is 23.4 Å². The van der Waals surface area contributed by atoms with Crippen molar-refractivity contribution in [2.24, 2.45) is 0 Å². The van der Waals surface area contributed by atoms with Crippen LogP contribution in [0.15, 0.2) is 72.8 Å². The lowest BCUT2D eigenvalue weighted by atomic mass is 9.99. The summed E-state index contributed by atoms with van der Waals surface area (Å²) in [5.74, 6) is 0. The normalized spacial score (nSPS) is 19.5. The number of carbonyl (C=O) groups excluding carboxylic acids is 1. The molecule has 0 spiro atoms. The fourth-order valence-electron chi connectivity index (χ4n) is 4.82. The van der Waals surface area contributed by atoms with Crippen LogP contribution in [0.2, 0.25) is 5.02 Å². The summed E-state index contributed by atoms with van der Waals surface area (Å²) >= 11 is 5.99. The van der Waals surface area contributed by atoms with Crippen molar-refractivity contribution in [2.45, 2.75) is 38.3 Å². The van der Waals surface area contributed by atoms with Crippen molar-refractivity contribution in [3.8, 4) is 11.1 Å². The van der Waals surface area contributed by atoms with Gasteiger partial charge in [-0.3, -0.25) is 4.90 Å². The molecule has 2 aliphatic heterocycles. The molecule has 2 fully saturated rings. The molecular weight excluding hydrogens is 432 g/mol. The number of hydrogen-bond acceptors (Lipinski definition) is 3. The van der Waals surface area contributed by atoms with E-state index < -0.39 is 0 Å². The van der Waals surface area contributed by atoms with Crippen molar-refractivity contribution in [1.29, 1.82) is 0 Å². The van der Waals surface area contributed by atoms with E-state index in [0.717, 1.165) is 24.2 Å². The molecule has 0 aliphatic carbocycles. The number of piperidine rings is 1. The van der Waals surface area contributed by atoms with Crippen LogP contribution >= 0.6 is 11.6 Å². The van der Waals surface area contributed by atoms with E-state index in [1.165, 1.54) is 36.1 Å². The molecule has 1 amide bonds. The first-order valence-corrected chi connectivity index (χ1v) is 12.1. The lowest BCUT2D eigenvalue weighted by Crippen LogP contribution is -2.29. The molecule has 4 nitrogen and oxygen atoms in total. The molecule has 0 aromatic heterocycles. The Bertz CT molecular complexity index is 1110. The topological polar surface area (TPSA) is 32.8 Å². The summed E-state index contributed by atoms with van der Waals surface area (Å²) in [4.78, 5) is 16.9. The summed E-state index contributed by atoms with van der Waals surface area (Å²) in [5, 5.41) is 0.676. The van der Waals surface area contributed by atoms with Gasteiger partial charge in [0.15, 0.2) is 0 Å². The number of anilines is 1. The summed E-state index contributed by atoms with van der Waals surface area (Å²) in [6, 6.07) is 24.8. The minimum atomic E-state index is -0.277. The number of ether oxygens (including phenoxy) is 1. The van der Waals surface area contributed by atoms with Crippen LogP contribution in [-0.2, 0) is 4.74 Å². The van der Waals surface area contributed by atoms with Crippen LogP contribution in [0.5, 0.6) is 0 Å². The summed E-state index contributed by atoms with van der Waals surface area (Å²) in [5.41, 5.74) is 5.78. The first-order valence-electron chi connectivity index (χ1n) is 11.8.